The second kappa shape index (κ2) is 11.0. The number of ether oxygens (including phenoxy) is 1. The van der Waals surface area contributed by atoms with Gasteiger partial charge in [0.25, 0.3) is 5.56 Å². The van der Waals surface area contributed by atoms with Gasteiger partial charge in [0.2, 0.25) is 5.82 Å². The van der Waals surface area contributed by atoms with Gasteiger partial charge in [0, 0.05) is 27.6 Å². The average molecular weight is 576 g/mol. The number of hydrogen-bond acceptors (Lipinski definition) is 8. The Balaban J connectivity index is 1.39. The summed E-state index contributed by atoms with van der Waals surface area (Å²) in [5, 5.41) is 27.1. The third-order valence-corrected chi connectivity index (χ3v) is 6.71. The number of halogens is 1. The minimum absolute atomic E-state index is 0.0241. The molecule has 0 saturated carbocycles. The van der Waals surface area contributed by atoms with E-state index in [2.05, 4.69) is 16.2 Å². The summed E-state index contributed by atoms with van der Waals surface area (Å²) < 4.78 is 12.8. The van der Waals surface area contributed by atoms with E-state index in [0.717, 1.165) is 10.1 Å². The van der Waals surface area contributed by atoms with Gasteiger partial charge in [-0.05, 0) is 54.6 Å². The summed E-state index contributed by atoms with van der Waals surface area (Å²) in [7, 11) is 0. The summed E-state index contributed by atoms with van der Waals surface area (Å²) in [6.45, 7) is -0.0256. The summed E-state index contributed by atoms with van der Waals surface area (Å²) in [5.41, 5.74) is 1.62. The maximum Gasteiger partial charge on any atom is 0.311 e. The Morgan fingerprint density at radius 3 is 2.71 bits per heavy atom. The van der Waals surface area contributed by atoms with Crippen molar-refractivity contribution >= 4 is 45.4 Å². The van der Waals surface area contributed by atoms with Crippen molar-refractivity contribution < 1.29 is 14.1 Å². The van der Waals surface area contributed by atoms with Crippen LogP contribution in [0, 0.1) is 21.4 Å². The lowest BCUT2D eigenvalue weighted by atomic mass is 10.1. The number of benzene rings is 4. The SMILES string of the molecule is N#Cc1ccccc1COc1ccc(C=Nn2c(-c3cc4cc(Cl)ccc4o3)nc3ccccc3c2=O)cc1[N+](=O)[O-]. The van der Waals surface area contributed by atoms with Crippen LogP contribution in [0.5, 0.6) is 5.75 Å². The van der Waals surface area contributed by atoms with Crippen LogP contribution in [0.4, 0.5) is 5.69 Å². The van der Waals surface area contributed by atoms with Gasteiger partial charge in [-0.15, -0.1) is 0 Å². The number of nitro benzene ring substituents is 1. The molecule has 0 saturated heterocycles. The normalized spacial score (nSPS) is 11.2. The summed E-state index contributed by atoms with van der Waals surface area (Å²) in [6.07, 6.45) is 1.32. The average Bonchev–Trinajstić information content (AvgIpc) is 3.43. The highest BCUT2D eigenvalue weighted by molar-refractivity contribution is 6.31. The number of fused-ring (bicyclic) bond motifs is 2. The zero-order valence-corrected chi connectivity index (χ0v) is 22.4. The largest absolute Gasteiger partial charge is 0.482 e. The van der Waals surface area contributed by atoms with Crippen molar-refractivity contribution in [2.45, 2.75) is 6.61 Å². The molecule has 0 N–H and O–H groups in total. The van der Waals surface area contributed by atoms with Crippen molar-refractivity contribution in [1.29, 1.82) is 5.26 Å². The van der Waals surface area contributed by atoms with Gasteiger partial charge in [0.05, 0.1) is 33.7 Å². The van der Waals surface area contributed by atoms with Crippen LogP contribution in [0.15, 0.2) is 105 Å². The highest BCUT2D eigenvalue weighted by Crippen LogP contribution is 2.30. The number of nitro groups is 1. The molecule has 0 aliphatic carbocycles. The second-order valence-electron chi connectivity index (χ2n) is 9.15. The number of furan rings is 1. The second-order valence-corrected chi connectivity index (χ2v) is 9.59. The molecule has 10 nitrogen and oxygen atoms in total. The molecule has 4 aromatic carbocycles. The summed E-state index contributed by atoms with van der Waals surface area (Å²) >= 11 is 6.13. The van der Waals surface area contributed by atoms with E-state index in [0.29, 0.717) is 44.0 Å². The lowest BCUT2D eigenvalue weighted by Gasteiger charge is -2.09. The fraction of sp³-hybridized carbons (Fsp3) is 0.0323. The fourth-order valence-corrected chi connectivity index (χ4v) is 4.61. The van der Waals surface area contributed by atoms with Gasteiger partial charge in [0.15, 0.2) is 11.5 Å². The van der Waals surface area contributed by atoms with Crippen LogP contribution in [-0.4, -0.2) is 20.8 Å². The molecule has 0 unspecified atom stereocenters. The molecule has 0 atom stereocenters. The monoisotopic (exact) mass is 575 g/mol. The van der Waals surface area contributed by atoms with Gasteiger partial charge in [-0.25, -0.2) is 4.98 Å². The predicted molar refractivity (Wildman–Crippen MR) is 158 cm³/mol. The molecule has 0 amide bonds. The highest BCUT2D eigenvalue weighted by atomic mass is 35.5. The number of rotatable bonds is 7. The molecular weight excluding hydrogens is 558 g/mol. The molecule has 6 rings (SSSR count). The van der Waals surface area contributed by atoms with E-state index in [9.17, 15) is 20.2 Å². The minimum Gasteiger partial charge on any atom is -0.482 e. The first-order chi connectivity index (χ1) is 20.4. The van der Waals surface area contributed by atoms with Crippen LogP contribution < -0.4 is 10.3 Å². The van der Waals surface area contributed by atoms with E-state index >= 15 is 0 Å². The van der Waals surface area contributed by atoms with Crippen molar-refractivity contribution in [2.24, 2.45) is 5.10 Å². The van der Waals surface area contributed by atoms with Crippen LogP contribution >= 0.6 is 11.6 Å². The van der Waals surface area contributed by atoms with E-state index in [1.165, 1.54) is 18.3 Å². The lowest BCUT2D eigenvalue weighted by molar-refractivity contribution is -0.385. The predicted octanol–water partition coefficient (Wildman–Crippen LogP) is 6.70. The van der Waals surface area contributed by atoms with Crippen molar-refractivity contribution in [3.8, 4) is 23.4 Å². The molecule has 0 spiro atoms. The van der Waals surface area contributed by atoms with Gasteiger partial charge >= 0.3 is 5.69 Å². The van der Waals surface area contributed by atoms with Crippen molar-refractivity contribution in [2.75, 3.05) is 0 Å². The van der Waals surface area contributed by atoms with Crippen molar-refractivity contribution in [1.82, 2.24) is 9.66 Å². The van der Waals surface area contributed by atoms with Gasteiger partial charge in [-0.1, -0.05) is 41.9 Å². The molecule has 11 heteroatoms. The van der Waals surface area contributed by atoms with Crippen LogP contribution in [0.3, 0.4) is 0 Å². The molecule has 0 bridgehead atoms. The maximum atomic E-state index is 13.5. The fourth-order valence-electron chi connectivity index (χ4n) is 4.43. The zero-order chi connectivity index (χ0) is 29.2. The molecule has 6 aromatic rings. The molecule has 2 aromatic heterocycles. The van der Waals surface area contributed by atoms with E-state index in [1.54, 1.807) is 78.9 Å². The topological polar surface area (TPSA) is 137 Å². The number of nitrogens with zero attached hydrogens (tertiary/aromatic N) is 5. The number of aromatic nitrogens is 2. The van der Waals surface area contributed by atoms with Gasteiger partial charge in [-0.3, -0.25) is 14.9 Å². The van der Waals surface area contributed by atoms with Crippen LogP contribution in [-0.2, 0) is 6.61 Å². The summed E-state index contributed by atoms with van der Waals surface area (Å²) in [5.74, 6) is 0.462. The van der Waals surface area contributed by atoms with E-state index < -0.39 is 10.5 Å². The molecule has 204 valence electrons. The Morgan fingerprint density at radius 2 is 1.88 bits per heavy atom. The standard InChI is InChI=1S/C31H18ClN5O5/c32-23-10-12-27-22(14-23)15-29(42-27)30-35-25-8-4-3-7-24(25)31(38)36(30)34-17-19-9-11-28(26(13-19)37(39)40)41-18-21-6-2-1-5-20(21)16-33/h1-15,17H,18H2. The molecule has 0 radical (unpaired) electrons. The van der Waals surface area contributed by atoms with Crippen LogP contribution in [0.25, 0.3) is 33.5 Å². The molecule has 42 heavy (non-hydrogen) atoms. The third-order valence-electron chi connectivity index (χ3n) is 6.48. The molecule has 2 heterocycles. The van der Waals surface area contributed by atoms with E-state index in [4.69, 9.17) is 20.8 Å². The van der Waals surface area contributed by atoms with Crippen LogP contribution in [0.1, 0.15) is 16.7 Å². The first kappa shape index (κ1) is 26.4. The van der Waals surface area contributed by atoms with Crippen LogP contribution in [0.2, 0.25) is 5.02 Å². The quantitative estimate of drug-likeness (QED) is 0.117. The van der Waals surface area contributed by atoms with E-state index in [-0.39, 0.29) is 23.9 Å². The summed E-state index contributed by atoms with van der Waals surface area (Å²) in [6, 6.07) is 26.9. The number of nitriles is 1. The van der Waals surface area contributed by atoms with Gasteiger partial charge < -0.3 is 9.15 Å². The summed E-state index contributed by atoms with van der Waals surface area (Å²) in [4.78, 5) is 29.4. The van der Waals surface area contributed by atoms with Crippen molar-refractivity contribution in [3.63, 3.8) is 0 Å². The zero-order valence-electron chi connectivity index (χ0n) is 21.6. The first-order valence-corrected chi connectivity index (χ1v) is 12.9. The minimum atomic E-state index is -0.572. The number of para-hydroxylation sites is 1. The lowest BCUT2D eigenvalue weighted by Crippen LogP contribution is -2.20. The van der Waals surface area contributed by atoms with Gasteiger partial charge in [0.1, 0.15) is 12.2 Å². The van der Waals surface area contributed by atoms with Gasteiger partial charge in [-0.2, -0.15) is 15.0 Å². The molecule has 0 fully saturated rings. The van der Waals surface area contributed by atoms with E-state index in [1.807, 2.05) is 0 Å². The molecule has 0 aliphatic heterocycles. The Hall–Kier alpha value is -5.79. The molecule has 0 aliphatic rings. The Labute approximate surface area is 242 Å². The molecular formula is C31H18ClN5O5. The third kappa shape index (κ3) is 5.08. The number of hydrogen-bond donors (Lipinski definition) is 0. The Morgan fingerprint density at radius 1 is 1.07 bits per heavy atom. The maximum absolute atomic E-state index is 13.5. The highest BCUT2D eigenvalue weighted by Gasteiger charge is 2.19. The first-order valence-electron chi connectivity index (χ1n) is 12.6. The Kier molecular flexibility index (Phi) is 6.92. The van der Waals surface area contributed by atoms with Crippen molar-refractivity contribution in [3.05, 3.63) is 133 Å². The Bertz CT molecular complexity index is 2140. The smallest absolute Gasteiger partial charge is 0.311 e.